The number of carbonyl (C=O) groups excluding carboxylic acids is 1. The molecular weight excluding hydrogens is 340 g/mol. The molecule has 0 radical (unpaired) electrons. The van der Waals surface area contributed by atoms with Crippen molar-refractivity contribution in [3.63, 3.8) is 0 Å². The number of carboxylic acids is 2. The van der Waals surface area contributed by atoms with Crippen molar-refractivity contribution in [1.82, 2.24) is 0 Å². The fourth-order valence-electron chi connectivity index (χ4n) is 2.71. The Hall–Kier alpha value is -1.63. The summed E-state index contributed by atoms with van der Waals surface area (Å²) in [5.74, 6) is -4.14. The van der Waals surface area contributed by atoms with Crippen LogP contribution in [0.2, 0.25) is 0 Å². The lowest BCUT2D eigenvalue weighted by atomic mass is 9.96. The summed E-state index contributed by atoms with van der Waals surface area (Å²) in [7, 11) is 0. The number of ether oxygens (including phenoxy) is 1. The maximum Gasteiger partial charge on any atom is 0.336 e. The Labute approximate surface area is 155 Å². The van der Waals surface area contributed by atoms with Crippen LogP contribution in [0.3, 0.4) is 0 Å². The molecule has 1 atom stereocenters. The molecule has 0 bridgehead atoms. The monoisotopic (exact) mass is 374 g/mol. The quantitative estimate of drug-likeness (QED) is 0.263. The molecule has 26 heavy (non-hydrogen) atoms. The second-order valence-corrected chi connectivity index (χ2v) is 6.84. The van der Waals surface area contributed by atoms with Gasteiger partial charge in [-0.15, -0.1) is 0 Å². The van der Waals surface area contributed by atoms with Crippen LogP contribution in [0.15, 0.2) is 0 Å². The number of hydrogen-bond donors (Lipinski definition) is 3. The van der Waals surface area contributed by atoms with Crippen LogP contribution in [0.1, 0.15) is 90.4 Å². The fourth-order valence-corrected chi connectivity index (χ4v) is 2.71. The van der Waals surface area contributed by atoms with Crippen molar-refractivity contribution >= 4 is 17.9 Å². The van der Waals surface area contributed by atoms with E-state index in [9.17, 15) is 19.5 Å². The number of esters is 1. The molecule has 0 rings (SSSR count). The maximum atomic E-state index is 11.6. The van der Waals surface area contributed by atoms with Crippen molar-refractivity contribution < 1.29 is 34.4 Å². The molecule has 7 nitrogen and oxygen atoms in total. The van der Waals surface area contributed by atoms with Gasteiger partial charge in [-0.25, -0.2) is 4.79 Å². The zero-order chi connectivity index (χ0) is 19.8. The molecule has 0 aliphatic rings. The molecule has 0 saturated carbocycles. The van der Waals surface area contributed by atoms with E-state index in [1.165, 1.54) is 44.9 Å². The minimum atomic E-state index is -2.62. The van der Waals surface area contributed by atoms with Crippen molar-refractivity contribution in [2.45, 2.75) is 96.0 Å². The Morgan fingerprint density at radius 2 is 1.23 bits per heavy atom. The Morgan fingerprint density at radius 1 is 0.769 bits per heavy atom. The molecule has 3 N–H and O–H groups in total. The minimum absolute atomic E-state index is 0.151. The maximum absolute atomic E-state index is 11.6. The normalized spacial score (nSPS) is 13.2. The predicted octanol–water partition coefficient (Wildman–Crippen LogP) is 3.52. The summed E-state index contributed by atoms with van der Waals surface area (Å²) >= 11 is 0. The van der Waals surface area contributed by atoms with E-state index in [1.807, 2.05) is 0 Å². The van der Waals surface area contributed by atoms with Crippen LogP contribution >= 0.6 is 0 Å². The highest BCUT2D eigenvalue weighted by atomic mass is 16.5. The first-order valence-electron chi connectivity index (χ1n) is 9.65. The number of aliphatic carboxylic acids is 2. The Balaban J connectivity index is 3.67. The summed E-state index contributed by atoms with van der Waals surface area (Å²) in [6, 6.07) is 0. The SMILES string of the molecule is CCCCCCCCCCCCCOC(=O)CC(O)(CC(=O)O)C(=O)O. The van der Waals surface area contributed by atoms with Crippen molar-refractivity contribution in [3.8, 4) is 0 Å². The molecule has 0 heterocycles. The highest BCUT2D eigenvalue weighted by Gasteiger charge is 2.41. The molecule has 0 aliphatic heterocycles. The van der Waals surface area contributed by atoms with Gasteiger partial charge in [-0.1, -0.05) is 71.1 Å². The van der Waals surface area contributed by atoms with Crippen LogP contribution in [-0.2, 0) is 19.1 Å². The highest BCUT2D eigenvalue weighted by molar-refractivity contribution is 5.88. The van der Waals surface area contributed by atoms with Crippen molar-refractivity contribution in [2.75, 3.05) is 6.61 Å². The van der Waals surface area contributed by atoms with E-state index in [-0.39, 0.29) is 6.61 Å². The van der Waals surface area contributed by atoms with Gasteiger partial charge in [0.15, 0.2) is 5.60 Å². The van der Waals surface area contributed by atoms with Crippen LogP contribution in [0.4, 0.5) is 0 Å². The molecule has 7 heteroatoms. The lowest BCUT2D eigenvalue weighted by Crippen LogP contribution is -2.43. The number of aliphatic hydroxyl groups is 1. The highest BCUT2D eigenvalue weighted by Crippen LogP contribution is 2.17. The Kier molecular flexibility index (Phi) is 13.6. The Morgan fingerprint density at radius 3 is 1.65 bits per heavy atom. The summed E-state index contributed by atoms with van der Waals surface area (Å²) < 4.78 is 4.90. The van der Waals surface area contributed by atoms with Gasteiger partial charge in [0.1, 0.15) is 0 Å². The molecular formula is C19H34O7. The second kappa shape index (κ2) is 14.5. The first-order valence-corrected chi connectivity index (χ1v) is 9.65. The first-order chi connectivity index (χ1) is 12.3. The van der Waals surface area contributed by atoms with E-state index >= 15 is 0 Å². The van der Waals surface area contributed by atoms with Gasteiger partial charge >= 0.3 is 17.9 Å². The predicted molar refractivity (Wildman–Crippen MR) is 96.9 cm³/mol. The zero-order valence-electron chi connectivity index (χ0n) is 15.9. The summed E-state index contributed by atoms with van der Waals surface area (Å²) in [6.07, 6.45) is 10.9. The number of carbonyl (C=O) groups is 3. The van der Waals surface area contributed by atoms with E-state index < -0.39 is 36.4 Å². The summed E-state index contributed by atoms with van der Waals surface area (Å²) in [6.45, 7) is 2.36. The van der Waals surface area contributed by atoms with E-state index in [0.717, 1.165) is 19.3 Å². The van der Waals surface area contributed by atoms with E-state index in [4.69, 9.17) is 14.9 Å². The minimum Gasteiger partial charge on any atom is -0.481 e. The van der Waals surface area contributed by atoms with Crippen LogP contribution in [0.5, 0.6) is 0 Å². The third kappa shape index (κ3) is 12.7. The van der Waals surface area contributed by atoms with Crippen LogP contribution in [0, 0.1) is 0 Å². The van der Waals surface area contributed by atoms with Gasteiger partial charge in [-0.05, 0) is 6.42 Å². The summed E-state index contributed by atoms with van der Waals surface area (Å²) in [5.41, 5.74) is -2.62. The molecule has 0 amide bonds. The number of carboxylic acid groups (broad SMARTS) is 2. The molecule has 1 unspecified atom stereocenters. The second-order valence-electron chi connectivity index (χ2n) is 6.84. The lowest BCUT2D eigenvalue weighted by molar-refractivity contribution is -0.172. The average Bonchev–Trinajstić information content (AvgIpc) is 2.54. The van der Waals surface area contributed by atoms with Gasteiger partial charge in [-0.2, -0.15) is 0 Å². The van der Waals surface area contributed by atoms with Crippen molar-refractivity contribution in [3.05, 3.63) is 0 Å². The lowest BCUT2D eigenvalue weighted by Gasteiger charge is -2.20. The molecule has 152 valence electrons. The van der Waals surface area contributed by atoms with Crippen LogP contribution < -0.4 is 0 Å². The van der Waals surface area contributed by atoms with Gasteiger partial charge < -0.3 is 20.1 Å². The van der Waals surface area contributed by atoms with Crippen molar-refractivity contribution in [2.24, 2.45) is 0 Å². The third-order valence-corrected chi connectivity index (χ3v) is 4.29. The molecule has 0 aromatic rings. The molecule has 0 spiro atoms. The van der Waals surface area contributed by atoms with Crippen LogP contribution in [0.25, 0.3) is 0 Å². The van der Waals surface area contributed by atoms with E-state index in [0.29, 0.717) is 6.42 Å². The third-order valence-electron chi connectivity index (χ3n) is 4.29. The van der Waals surface area contributed by atoms with Gasteiger partial charge in [0.25, 0.3) is 0 Å². The van der Waals surface area contributed by atoms with E-state index in [2.05, 4.69) is 6.92 Å². The molecule has 0 fully saturated rings. The Bertz CT molecular complexity index is 422. The fraction of sp³-hybridized carbons (Fsp3) is 0.842. The van der Waals surface area contributed by atoms with E-state index in [1.54, 1.807) is 0 Å². The van der Waals surface area contributed by atoms with Gasteiger partial charge in [0.05, 0.1) is 19.4 Å². The number of rotatable bonds is 17. The number of unbranched alkanes of at least 4 members (excludes halogenated alkanes) is 10. The number of hydrogen-bond acceptors (Lipinski definition) is 5. The molecule has 0 aliphatic carbocycles. The molecule has 0 saturated heterocycles. The molecule has 0 aromatic heterocycles. The van der Waals surface area contributed by atoms with Gasteiger partial charge in [-0.3, -0.25) is 9.59 Å². The summed E-state index contributed by atoms with van der Waals surface area (Å²) in [4.78, 5) is 33.1. The van der Waals surface area contributed by atoms with Gasteiger partial charge in [0, 0.05) is 0 Å². The standard InChI is InChI=1S/C19H34O7/c1-2-3-4-5-6-7-8-9-10-11-12-13-26-17(22)15-19(25,18(23)24)14-16(20)21/h25H,2-15H2,1H3,(H,20,21)(H,23,24). The topological polar surface area (TPSA) is 121 Å². The smallest absolute Gasteiger partial charge is 0.336 e. The first kappa shape index (κ1) is 24.4. The molecule has 0 aromatic carbocycles. The average molecular weight is 374 g/mol. The largest absolute Gasteiger partial charge is 0.481 e. The zero-order valence-corrected chi connectivity index (χ0v) is 15.9. The van der Waals surface area contributed by atoms with Crippen LogP contribution in [-0.4, -0.2) is 45.4 Å². The summed E-state index contributed by atoms with van der Waals surface area (Å²) in [5, 5.41) is 27.2. The van der Waals surface area contributed by atoms with Crippen molar-refractivity contribution in [1.29, 1.82) is 0 Å². The van der Waals surface area contributed by atoms with Gasteiger partial charge in [0.2, 0.25) is 0 Å².